The molecule has 0 fully saturated rings. The number of benzene rings is 2. The van der Waals surface area contributed by atoms with Crippen LogP contribution in [0, 0.1) is 0 Å². The highest BCUT2D eigenvalue weighted by Crippen LogP contribution is 2.25. The van der Waals surface area contributed by atoms with E-state index in [-0.39, 0.29) is 35.6 Å². The standard InChI is InChI=1S/C27H35NO11/c1-3-34-5-7-36-9-11-38-23-16-19(17-24(18-23)39-12-10-37-8-6-35-4-2)25(29)28-22-14-20(26(30)31)13-21(15-22)27(32)33/h13-18H,3-12H2,1-2H3,(H,28,29)(H,30,31)(H,32,33). The molecular formula is C27H35NO11. The van der Waals surface area contributed by atoms with Crippen LogP contribution in [-0.4, -0.2) is 94.1 Å². The van der Waals surface area contributed by atoms with E-state index >= 15 is 0 Å². The summed E-state index contributed by atoms with van der Waals surface area (Å²) in [5, 5.41) is 21.1. The van der Waals surface area contributed by atoms with Crippen molar-refractivity contribution in [1.82, 2.24) is 0 Å². The summed E-state index contributed by atoms with van der Waals surface area (Å²) in [6.07, 6.45) is 0. The molecule has 12 heteroatoms. The minimum atomic E-state index is -1.33. The monoisotopic (exact) mass is 549 g/mol. The van der Waals surface area contributed by atoms with Crippen LogP contribution in [0.15, 0.2) is 36.4 Å². The Kier molecular flexibility index (Phi) is 14.3. The summed E-state index contributed by atoms with van der Waals surface area (Å²) in [5.74, 6) is -2.59. The Labute approximate surface area is 226 Å². The first-order valence-electron chi connectivity index (χ1n) is 12.5. The van der Waals surface area contributed by atoms with Gasteiger partial charge in [-0.3, -0.25) is 4.79 Å². The van der Waals surface area contributed by atoms with Crippen molar-refractivity contribution in [2.24, 2.45) is 0 Å². The fourth-order valence-electron chi connectivity index (χ4n) is 3.18. The molecule has 214 valence electrons. The van der Waals surface area contributed by atoms with Crippen molar-refractivity contribution in [3.05, 3.63) is 53.1 Å². The predicted octanol–water partition coefficient (Wildman–Crippen LogP) is 3.20. The number of carbonyl (C=O) groups excluding carboxylic acids is 1. The summed E-state index contributed by atoms with van der Waals surface area (Å²) in [5.41, 5.74) is -0.397. The Morgan fingerprint density at radius 1 is 0.590 bits per heavy atom. The first kappa shape index (κ1) is 31.5. The normalized spacial score (nSPS) is 10.7. The van der Waals surface area contributed by atoms with Crippen LogP contribution in [-0.2, 0) is 18.9 Å². The molecule has 0 spiro atoms. The number of aromatic carboxylic acids is 2. The van der Waals surface area contributed by atoms with Gasteiger partial charge in [-0.1, -0.05) is 0 Å². The van der Waals surface area contributed by atoms with Crippen molar-refractivity contribution < 1.29 is 53.0 Å². The molecule has 0 aromatic heterocycles. The molecule has 0 aliphatic heterocycles. The Bertz CT molecular complexity index is 1010. The van der Waals surface area contributed by atoms with Crippen LogP contribution in [0.2, 0.25) is 0 Å². The maximum atomic E-state index is 13.0. The van der Waals surface area contributed by atoms with Crippen LogP contribution >= 0.6 is 0 Å². The first-order chi connectivity index (χ1) is 18.8. The lowest BCUT2D eigenvalue weighted by Crippen LogP contribution is -2.15. The van der Waals surface area contributed by atoms with Crippen LogP contribution in [0.3, 0.4) is 0 Å². The number of anilines is 1. The quantitative estimate of drug-likeness (QED) is 0.208. The van der Waals surface area contributed by atoms with E-state index in [1.165, 1.54) is 24.3 Å². The Morgan fingerprint density at radius 3 is 1.46 bits per heavy atom. The Hall–Kier alpha value is -3.71. The van der Waals surface area contributed by atoms with E-state index < -0.39 is 17.8 Å². The average Bonchev–Trinajstić information content (AvgIpc) is 2.91. The summed E-state index contributed by atoms with van der Waals surface area (Å²) in [7, 11) is 0. The third kappa shape index (κ3) is 12.1. The molecule has 0 saturated heterocycles. The lowest BCUT2D eigenvalue weighted by Gasteiger charge is -2.13. The van der Waals surface area contributed by atoms with E-state index in [9.17, 15) is 24.6 Å². The van der Waals surface area contributed by atoms with Gasteiger partial charge < -0.3 is 44.0 Å². The molecule has 0 radical (unpaired) electrons. The molecule has 39 heavy (non-hydrogen) atoms. The lowest BCUT2D eigenvalue weighted by atomic mass is 10.1. The summed E-state index contributed by atoms with van der Waals surface area (Å²) in [6.45, 7) is 7.81. The summed E-state index contributed by atoms with van der Waals surface area (Å²) < 4.78 is 32.8. The fraction of sp³-hybridized carbons (Fsp3) is 0.444. The van der Waals surface area contributed by atoms with Gasteiger partial charge in [-0.05, 0) is 44.2 Å². The van der Waals surface area contributed by atoms with Gasteiger partial charge in [-0.25, -0.2) is 9.59 Å². The van der Waals surface area contributed by atoms with Crippen LogP contribution in [0.4, 0.5) is 5.69 Å². The molecule has 0 bridgehead atoms. The SMILES string of the molecule is CCOCCOCCOc1cc(OCCOCCOCC)cc(C(=O)Nc2cc(C(=O)O)cc(C(=O)O)c2)c1. The van der Waals surface area contributed by atoms with Crippen LogP contribution in [0.25, 0.3) is 0 Å². The molecule has 0 unspecified atom stereocenters. The number of carbonyl (C=O) groups is 3. The second-order valence-corrected chi connectivity index (χ2v) is 7.87. The second-order valence-electron chi connectivity index (χ2n) is 7.87. The van der Waals surface area contributed by atoms with Crippen LogP contribution < -0.4 is 14.8 Å². The average molecular weight is 550 g/mol. The Morgan fingerprint density at radius 2 is 1.03 bits per heavy atom. The van der Waals surface area contributed by atoms with Gasteiger partial charge in [0.2, 0.25) is 0 Å². The molecule has 2 rings (SSSR count). The second kappa shape index (κ2) is 17.7. The van der Waals surface area contributed by atoms with E-state index in [4.69, 9.17) is 28.4 Å². The van der Waals surface area contributed by atoms with Gasteiger partial charge in [0.15, 0.2) is 0 Å². The number of ether oxygens (including phenoxy) is 6. The smallest absolute Gasteiger partial charge is 0.335 e. The largest absolute Gasteiger partial charge is 0.491 e. The minimum absolute atomic E-state index is 0.0106. The molecule has 0 aliphatic carbocycles. The van der Waals surface area contributed by atoms with Crippen molar-refractivity contribution in [2.75, 3.05) is 71.4 Å². The fourth-order valence-corrected chi connectivity index (χ4v) is 3.18. The zero-order valence-corrected chi connectivity index (χ0v) is 22.1. The third-order valence-corrected chi connectivity index (χ3v) is 4.97. The van der Waals surface area contributed by atoms with Gasteiger partial charge in [0.1, 0.15) is 24.7 Å². The van der Waals surface area contributed by atoms with E-state index in [0.29, 0.717) is 64.4 Å². The number of hydrogen-bond acceptors (Lipinski definition) is 9. The summed E-state index contributed by atoms with van der Waals surface area (Å²) >= 11 is 0. The van der Waals surface area contributed by atoms with Gasteiger partial charge in [-0.2, -0.15) is 0 Å². The predicted molar refractivity (Wildman–Crippen MR) is 140 cm³/mol. The molecule has 2 aromatic carbocycles. The highest BCUT2D eigenvalue weighted by atomic mass is 16.6. The zero-order valence-electron chi connectivity index (χ0n) is 22.1. The number of nitrogens with one attached hydrogen (secondary N) is 1. The van der Waals surface area contributed by atoms with Crippen molar-refractivity contribution in [2.45, 2.75) is 13.8 Å². The maximum absolute atomic E-state index is 13.0. The molecule has 3 N–H and O–H groups in total. The summed E-state index contributed by atoms with van der Waals surface area (Å²) in [6, 6.07) is 7.94. The van der Waals surface area contributed by atoms with E-state index in [1.54, 1.807) is 6.07 Å². The number of carboxylic acid groups (broad SMARTS) is 2. The number of hydrogen-bond donors (Lipinski definition) is 3. The molecule has 0 saturated carbocycles. The first-order valence-corrected chi connectivity index (χ1v) is 12.5. The zero-order chi connectivity index (χ0) is 28.5. The van der Waals surface area contributed by atoms with Crippen molar-refractivity contribution >= 4 is 23.5 Å². The number of carboxylic acids is 2. The van der Waals surface area contributed by atoms with E-state index in [1.807, 2.05) is 13.8 Å². The van der Waals surface area contributed by atoms with Gasteiger partial charge in [-0.15, -0.1) is 0 Å². The molecule has 0 aliphatic rings. The molecule has 12 nitrogen and oxygen atoms in total. The van der Waals surface area contributed by atoms with E-state index in [0.717, 1.165) is 6.07 Å². The highest BCUT2D eigenvalue weighted by molar-refractivity contribution is 6.06. The van der Waals surface area contributed by atoms with Crippen molar-refractivity contribution in [3.8, 4) is 11.5 Å². The molecule has 0 heterocycles. The summed E-state index contributed by atoms with van der Waals surface area (Å²) in [4.78, 5) is 35.8. The van der Waals surface area contributed by atoms with Crippen molar-refractivity contribution in [1.29, 1.82) is 0 Å². The lowest BCUT2D eigenvalue weighted by molar-refractivity contribution is 0.0395. The van der Waals surface area contributed by atoms with Gasteiger partial charge in [0, 0.05) is 30.5 Å². The minimum Gasteiger partial charge on any atom is -0.491 e. The topological polar surface area (TPSA) is 159 Å². The molecule has 1 amide bonds. The van der Waals surface area contributed by atoms with Crippen LogP contribution in [0.5, 0.6) is 11.5 Å². The Balaban J connectivity index is 2.11. The molecular weight excluding hydrogens is 514 g/mol. The molecule has 0 atom stereocenters. The van der Waals surface area contributed by atoms with Gasteiger partial charge in [0.25, 0.3) is 5.91 Å². The van der Waals surface area contributed by atoms with E-state index in [2.05, 4.69) is 5.32 Å². The molecule has 2 aromatic rings. The van der Waals surface area contributed by atoms with Crippen LogP contribution in [0.1, 0.15) is 44.9 Å². The van der Waals surface area contributed by atoms with Gasteiger partial charge >= 0.3 is 11.9 Å². The number of amides is 1. The number of rotatable bonds is 20. The maximum Gasteiger partial charge on any atom is 0.335 e. The third-order valence-electron chi connectivity index (χ3n) is 4.97. The highest BCUT2D eigenvalue weighted by Gasteiger charge is 2.15. The van der Waals surface area contributed by atoms with Crippen molar-refractivity contribution in [3.63, 3.8) is 0 Å². The van der Waals surface area contributed by atoms with Gasteiger partial charge in [0.05, 0.1) is 50.8 Å².